The smallest absolute Gasteiger partial charge is 0.0798 e. The van der Waals surface area contributed by atoms with E-state index in [1.54, 1.807) is 0 Å². The Kier molecular flexibility index (Phi) is 4.56. The van der Waals surface area contributed by atoms with Crippen molar-refractivity contribution in [1.82, 2.24) is 0 Å². The molecule has 2 aliphatic rings. The number of rotatable bonds is 3. The predicted molar refractivity (Wildman–Crippen MR) is 80.2 cm³/mol. The summed E-state index contributed by atoms with van der Waals surface area (Å²) >= 11 is 0. The molecule has 0 aliphatic heterocycles. The van der Waals surface area contributed by atoms with Crippen molar-refractivity contribution < 1.29 is 0 Å². The molecule has 0 aromatic carbocycles. The van der Waals surface area contributed by atoms with Crippen LogP contribution in [-0.2, 0) is 0 Å². The fourth-order valence-corrected chi connectivity index (χ4v) is 4.47. The summed E-state index contributed by atoms with van der Waals surface area (Å²) in [6.07, 6.45) is 10.7. The number of hydrogen-bond donors (Lipinski definition) is 4. The van der Waals surface area contributed by atoms with Gasteiger partial charge in [-0.3, -0.25) is 0 Å². The zero-order valence-electron chi connectivity index (χ0n) is 12.4. The Hall–Kier alpha value is -0.160. The van der Waals surface area contributed by atoms with Crippen molar-refractivity contribution in [3.05, 3.63) is 0 Å². The molecular formula is C15H32N4. The molecule has 3 atom stereocenters. The highest BCUT2D eigenvalue weighted by Gasteiger charge is 2.53. The number of hydrogen-bond acceptors (Lipinski definition) is 4. The molecule has 2 saturated carbocycles. The molecule has 19 heavy (non-hydrogen) atoms. The van der Waals surface area contributed by atoms with Crippen molar-refractivity contribution in [2.24, 2.45) is 34.8 Å². The third-order valence-corrected chi connectivity index (χ3v) is 5.65. The Bertz CT molecular complexity index is 293. The molecular weight excluding hydrogens is 236 g/mol. The minimum atomic E-state index is -0.853. The first-order valence-electron chi connectivity index (χ1n) is 7.99. The molecule has 0 aromatic heterocycles. The van der Waals surface area contributed by atoms with Gasteiger partial charge in [-0.25, -0.2) is 0 Å². The first kappa shape index (κ1) is 15.2. The second-order valence-electron chi connectivity index (χ2n) is 7.11. The zero-order chi connectivity index (χ0) is 14.1. The lowest BCUT2D eigenvalue weighted by Gasteiger charge is -2.55. The van der Waals surface area contributed by atoms with Crippen LogP contribution in [0.3, 0.4) is 0 Å². The van der Waals surface area contributed by atoms with E-state index < -0.39 is 11.2 Å². The van der Waals surface area contributed by atoms with E-state index in [9.17, 15) is 0 Å². The van der Waals surface area contributed by atoms with Gasteiger partial charge in [-0.1, -0.05) is 32.1 Å². The third-order valence-electron chi connectivity index (χ3n) is 5.65. The second kappa shape index (κ2) is 5.68. The quantitative estimate of drug-likeness (QED) is 0.581. The molecule has 112 valence electrons. The molecule has 0 bridgehead atoms. The van der Waals surface area contributed by atoms with Crippen LogP contribution in [-0.4, -0.2) is 17.2 Å². The molecule has 2 rings (SSSR count). The van der Waals surface area contributed by atoms with Crippen LogP contribution < -0.4 is 22.9 Å². The second-order valence-corrected chi connectivity index (χ2v) is 7.11. The maximum absolute atomic E-state index is 6.88. The van der Waals surface area contributed by atoms with Crippen LogP contribution in [0.2, 0.25) is 0 Å². The van der Waals surface area contributed by atoms with Gasteiger partial charge in [-0.15, -0.1) is 0 Å². The van der Waals surface area contributed by atoms with Crippen LogP contribution in [0, 0.1) is 11.8 Å². The van der Waals surface area contributed by atoms with E-state index in [4.69, 9.17) is 22.9 Å². The third kappa shape index (κ3) is 2.82. The van der Waals surface area contributed by atoms with Gasteiger partial charge in [0.15, 0.2) is 0 Å². The molecule has 2 fully saturated rings. The molecule has 8 N–H and O–H groups in total. The Balaban J connectivity index is 2.27. The minimum absolute atomic E-state index is 0.159. The molecule has 0 aromatic rings. The van der Waals surface area contributed by atoms with Crippen LogP contribution >= 0.6 is 0 Å². The van der Waals surface area contributed by atoms with Crippen LogP contribution in [0.4, 0.5) is 0 Å². The molecule has 4 heteroatoms. The summed E-state index contributed by atoms with van der Waals surface area (Å²) in [4.78, 5) is 0. The Morgan fingerprint density at radius 3 is 1.84 bits per heavy atom. The lowest BCUT2D eigenvalue weighted by molar-refractivity contribution is 0.0312. The van der Waals surface area contributed by atoms with E-state index in [0.717, 1.165) is 25.7 Å². The summed E-state index contributed by atoms with van der Waals surface area (Å²) in [7, 11) is 0. The maximum atomic E-state index is 6.88. The highest BCUT2D eigenvalue weighted by atomic mass is 15.1. The normalized spacial score (nSPS) is 33.9. The fourth-order valence-electron chi connectivity index (χ4n) is 4.47. The Morgan fingerprint density at radius 2 is 1.32 bits per heavy atom. The average molecular weight is 268 g/mol. The van der Waals surface area contributed by atoms with Crippen LogP contribution in [0.5, 0.6) is 0 Å². The van der Waals surface area contributed by atoms with Gasteiger partial charge in [0.05, 0.1) is 11.2 Å². The first-order valence-corrected chi connectivity index (χ1v) is 7.99. The van der Waals surface area contributed by atoms with E-state index in [2.05, 4.69) is 0 Å². The summed E-state index contributed by atoms with van der Waals surface area (Å²) in [6.45, 7) is 1.89. The molecule has 3 unspecified atom stereocenters. The summed E-state index contributed by atoms with van der Waals surface area (Å²) in [5, 5.41) is 0. The minimum Gasteiger partial charge on any atom is -0.327 e. The van der Waals surface area contributed by atoms with Gasteiger partial charge in [0.2, 0.25) is 0 Å². The van der Waals surface area contributed by atoms with Crippen molar-refractivity contribution in [2.45, 2.75) is 82.0 Å². The lowest BCUT2D eigenvalue weighted by atomic mass is 9.58. The molecule has 0 saturated heterocycles. The van der Waals surface area contributed by atoms with E-state index in [1.165, 1.54) is 32.1 Å². The summed E-state index contributed by atoms with van der Waals surface area (Å²) in [5.41, 5.74) is 24.6. The van der Waals surface area contributed by atoms with E-state index in [0.29, 0.717) is 5.92 Å². The highest BCUT2D eigenvalue weighted by Crippen LogP contribution is 2.44. The molecule has 4 nitrogen and oxygen atoms in total. The summed E-state index contributed by atoms with van der Waals surface area (Å²) < 4.78 is 0. The SMILES string of the molecule is CC(N)(N)C(N)(C1CCCCC1)C1CCCCC1N. The van der Waals surface area contributed by atoms with Crippen molar-refractivity contribution >= 4 is 0 Å². The van der Waals surface area contributed by atoms with Gasteiger partial charge in [0.1, 0.15) is 0 Å². The lowest BCUT2D eigenvalue weighted by Crippen LogP contribution is -2.77. The van der Waals surface area contributed by atoms with Gasteiger partial charge < -0.3 is 22.9 Å². The largest absolute Gasteiger partial charge is 0.327 e. The number of nitrogens with two attached hydrogens (primary N) is 4. The summed E-state index contributed by atoms with van der Waals surface area (Å²) in [6, 6.07) is 0.159. The van der Waals surface area contributed by atoms with Gasteiger partial charge in [-0.2, -0.15) is 0 Å². The van der Waals surface area contributed by atoms with Gasteiger partial charge in [0, 0.05) is 6.04 Å². The van der Waals surface area contributed by atoms with Crippen LogP contribution in [0.1, 0.15) is 64.7 Å². The van der Waals surface area contributed by atoms with Gasteiger partial charge in [0.25, 0.3) is 0 Å². The Labute approximate surface area is 117 Å². The van der Waals surface area contributed by atoms with E-state index in [-0.39, 0.29) is 12.0 Å². The maximum Gasteiger partial charge on any atom is 0.0798 e. The van der Waals surface area contributed by atoms with Crippen LogP contribution in [0.25, 0.3) is 0 Å². The van der Waals surface area contributed by atoms with Crippen molar-refractivity contribution in [2.75, 3.05) is 0 Å². The molecule has 0 spiro atoms. The van der Waals surface area contributed by atoms with Crippen LogP contribution in [0.15, 0.2) is 0 Å². The predicted octanol–water partition coefficient (Wildman–Crippen LogP) is 1.42. The molecule has 0 amide bonds. The molecule has 0 radical (unpaired) electrons. The fraction of sp³-hybridized carbons (Fsp3) is 1.00. The van der Waals surface area contributed by atoms with Crippen molar-refractivity contribution in [3.8, 4) is 0 Å². The Morgan fingerprint density at radius 1 is 0.789 bits per heavy atom. The summed E-state index contributed by atoms with van der Waals surface area (Å²) in [5.74, 6) is 0.694. The highest BCUT2D eigenvalue weighted by molar-refractivity contribution is 5.12. The average Bonchev–Trinajstić information content (AvgIpc) is 2.38. The topological polar surface area (TPSA) is 104 Å². The monoisotopic (exact) mass is 268 g/mol. The van der Waals surface area contributed by atoms with Crippen molar-refractivity contribution in [3.63, 3.8) is 0 Å². The molecule has 2 aliphatic carbocycles. The van der Waals surface area contributed by atoms with Crippen molar-refractivity contribution in [1.29, 1.82) is 0 Å². The van der Waals surface area contributed by atoms with E-state index in [1.807, 2.05) is 6.92 Å². The standard InChI is InChI=1S/C15H32N4/c1-14(17,18)15(19,11-7-3-2-4-8-11)12-9-5-6-10-13(12)16/h11-13H,2-10,16-19H2,1H3. The van der Waals surface area contributed by atoms with Gasteiger partial charge in [-0.05, 0) is 44.4 Å². The molecule has 0 heterocycles. The van der Waals surface area contributed by atoms with E-state index >= 15 is 0 Å². The van der Waals surface area contributed by atoms with Gasteiger partial charge >= 0.3 is 0 Å². The first-order chi connectivity index (χ1) is 8.87. The zero-order valence-corrected chi connectivity index (χ0v) is 12.4.